The standard InChI is InChI=1S/C10H18N2O6S/c13-4-3-8(9(14)15)12-10(16)11-6-7-2-1-5-19(7,17)18/h7-8,13H,1-6H2,(H,14,15)(H2,11,12,16). The topological polar surface area (TPSA) is 133 Å². The number of carbonyl (C=O) groups excluding carboxylic acids is 1. The normalized spacial score (nSPS) is 22.7. The lowest BCUT2D eigenvalue weighted by Crippen LogP contribution is -2.48. The molecule has 9 heteroatoms. The van der Waals surface area contributed by atoms with Crippen molar-refractivity contribution in [1.82, 2.24) is 10.6 Å². The van der Waals surface area contributed by atoms with Gasteiger partial charge in [0.2, 0.25) is 0 Å². The van der Waals surface area contributed by atoms with E-state index < -0.39 is 33.1 Å². The van der Waals surface area contributed by atoms with Crippen molar-refractivity contribution >= 4 is 21.8 Å². The molecular weight excluding hydrogens is 276 g/mol. The Morgan fingerprint density at radius 3 is 2.53 bits per heavy atom. The van der Waals surface area contributed by atoms with Crippen molar-refractivity contribution in [3.8, 4) is 0 Å². The van der Waals surface area contributed by atoms with Gasteiger partial charge < -0.3 is 20.8 Å². The molecule has 0 spiro atoms. The number of amides is 2. The Labute approximate surface area is 111 Å². The maximum absolute atomic E-state index is 11.5. The summed E-state index contributed by atoms with van der Waals surface area (Å²) in [6.07, 6.45) is 0.977. The van der Waals surface area contributed by atoms with Crippen LogP contribution in [0.5, 0.6) is 0 Å². The van der Waals surface area contributed by atoms with Crippen molar-refractivity contribution in [2.24, 2.45) is 0 Å². The van der Waals surface area contributed by atoms with Crippen molar-refractivity contribution in [3.63, 3.8) is 0 Å². The average Bonchev–Trinajstić information content (AvgIpc) is 2.65. The molecule has 1 aliphatic heterocycles. The maximum Gasteiger partial charge on any atom is 0.326 e. The molecule has 1 rings (SSSR count). The third kappa shape index (κ3) is 4.67. The minimum atomic E-state index is -3.14. The highest BCUT2D eigenvalue weighted by Gasteiger charge is 2.31. The van der Waals surface area contributed by atoms with E-state index >= 15 is 0 Å². The first-order valence-corrected chi connectivity index (χ1v) is 7.68. The fourth-order valence-corrected chi connectivity index (χ4v) is 3.66. The van der Waals surface area contributed by atoms with E-state index in [1.807, 2.05) is 0 Å². The fraction of sp³-hybridized carbons (Fsp3) is 0.800. The predicted octanol–water partition coefficient (Wildman–Crippen LogP) is -1.30. The highest BCUT2D eigenvalue weighted by Crippen LogP contribution is 2.18. The van der Waals surface area contributed by atoms with Crippen LogP contribution in [0.3, 0.4) is 0 Å². The minimum absolute atomic E-state index is 0.0281. The second-order valence-corrected chi connectivity index (χ2v) is 6.79. The van der Waals surface area contributed by atoms with Crippen LogP contribution in [0.4, 0.5) is 4.79 Å². The summed E-state index contributed by atoms with van der Waals surface area (Å²) in [5, 5.41) is 21.3. The van der Waals surface area contributed by atoms with Crippen LogP contribution in [0.2, 0.25) is 0 Å². The minimum Gasteiger partial charge on any atom is -0.480 e. The summed E-state index contributed by atoms with van der Waals surface area (Å²) in [5.41, 5.74) is 0. The van der Waals surface area contributed by atoms with Gasteiger partial charge in [-0.15, -0.1) is 0 Å². The first-order chi connectivity index (χ1) is 8.86. The molecule has 1 aliphatic rings. The monoisotopic (exact) mass is 294 g/mol. The summed E-state index contributed by atoms with van der Waals surface area (Å²) in [6.45, 7) is -0.395. The quantitative estimate of drug-likeness (QED) is 0.481. The molecule has 1 fully saturated rings. The summed E-state index contributed by atoms with van der Waals surface area (Å²) in [5.74, 6) is -1.12. The Hall–Kier alpha value is -1.35. The van der Waals surface area contributed by atoms with Crippen molar-refractivity contribution in [2.45, 2.75) is 30.6 Å². The Balaban J connectivity index is 2.41. The molecule has 0 aliphatic carbocycles. The predicted molar refractivity (Wildman–Crippen MR) is 66.5 cm³/mol. The Bertz CT molecular complexity index is 435. The van der Waals surface area contributed by atoms with Gasteiger partial charge in [0.15, 0.2) is 9.84 Å². The van der Waals surface area contributed by atoms with Gasteiger partial charge in [-0.25, -0.2) is 18.0 Å². The molecule has 19 heavy (non-hydrogen) atoms. The van der Waals surface area contributed by atoms with Crippen LogP contribution >= 0.6 is 0 Å². The third-order valence-electron chi connectivity index (χ3n) is 2.97. The van der Waals surface area contributed by atoms with Gasteiger partial charge in [0.25, 0.3) is 0 Å². The van der Waals surface area contributed by atoms with Crippen LogP contribution in [0.1, 0.15) is 19.3 Å². The van der Waals surface area contributed by atoms with E-state index in [9.17, 15) is 18.0 Å². The molecule has 0 bridgehead atoms. The van der Waals surface area contributed by atoms with Gasteiger partial charge in [-0.3, -0.25) is 0 Å². The van der Waals surface area contributed by atoms with Gasteiger partial charge in [-0.05, 0) is 12.8 Å². The fourth-order valence-electron chi connectivity index (χ4n) is 1.89. The number of rotatable bonds is 6. The number of aliphatic hydroxyl groups excluding tert-OH is 1. The largest absolute Gasteiger partial charge is 0.480 e. The molecule has 1 heterocycles. The lowest BCUT2D eigenvalue weighted by atomic mass is 10.2. The molecule has 0 radical (unpaired) electrons. The van der Waals surface area contributed by atoms with Crippen molar-refractivity contribution in [3.05, 3.63) is 0 Å². The lowest BCUT2D eigenvalue weighted by Gasteiger charge is -2.15. The Kier molecular flexibility index (Phi) is 5.55. The number of carboxylic acids is 1. The number of urea groups is 1. The van der Waals surface area contributed by atoms with Gasteiger partial charge in [0.1, 0.15) is 6.04 Å². The number of aliphatic carboxylic acids is 1. The summed E-state index contributed by atoms with van der Waals surface area (Å²) in [7, 11) is -3.14. The Morgan fingerprint density at radius 2 is 2.05 bits per heavy atom. The zero-order chi connectivity index (χ0) is 14.5. The van der Waals surface area contributed by atoms with E-state index in [0.29, 0.717) is 12.8 Å². The Morgan fingerprint density at radius 1 is 1.37 bits per heavy atom. The number of aliphatic hydroxyl groups is 1. The molecule has 4 N–H and O–H groups in total. The molecule has 2 atom stereocenters. The number of carboxylic acid groups (broad SMARTS) is 1. The average molecular weight is 294 g/mol. The molecular formula is C10H18N2O6S. The summed E-state index contributed by atoms with van der Waals surface area (Å²) in [4.78, 5) is 22.2. The summed E-state index contributed by atoms with van der Waals surface area (Å²) < 4.78 is 23.0. The van der Waals surface area contributed by atoms with Crippen LogP contribution in [0.15, 0.2) is 0 Å². The van der Waals surface area contributed by atoms with E-state index in [2.05, 4.69) is 10.6 Å². The molecule has 0 aromatic carbocycles. The molecule has 0 aromatic heterocycles. The second-order valence-electron chi connectivity index (χ2n) is 4.39. The van der Waals surface area contributed by atoms with Gasteiger partial charge in [-0.2, -0.15) is 0 Å². The number of sulfone groups is 1. The number of nitrogens with one attached hydrogen (secondary N) is 2. The molecule has 8 nitrogen and oxygen atoms in total. The highest BCUT2D eigenvalue weighted by atomic mass is 32.2. The van der Waals surface area contributed by atoms with Crippen LogP contribution < -0.4 is 10.6 Å². The molecule has 1 saturated heterocycles. The lowest BCUT2D eigenvalue weighted by molar-refractivity contribution is -0.139. The van der Waals surface area contributed by atoms with E-state index in [-0.39, 0.29) is 25.3 Å². The molecule has 2 unspecified atom stereocenters. The van der Waals surface area contributed by atoms with Crippen LogP contribution in [-0.2, 0) is 14.6 Å². The van der Waals surface area contributed by atoms with E-state index in [1.54, 1.807) is 0 Å². The second kappa shape index (κ2) is 6.71. The SMILES string of the molecule is O=C(NCC1CCCS1(=O)=O)NC(CCO)C(=O)O. The van der Waals surface area contributed by atoms with Crippen molar-refractivity contribution < 1.29 is 28.2 Å². The maximum atomic E-state index is 11.5. The van der Waals surface area contributed by atoms with Crippen molar-refractivity contribution in [1.29, 1.82) is 0 Å². The highest BCUT2D eigenvalue weighted by molar-refractivity contribution is 7.92. The van der Waals surface area contributed by atoms with Gasteiger partial charge in [0, 0.05) is 19.6 Å². The van der Waals surface area contributed by atoms with Crippen LogP contribution in [0, 0.1) is 0 Å². The number of hydrogen-bond donors (Lipinski definition) is 4. The number of hydrogen-bond acceptors (Lipinski definition) is 5. The smallest absolute Gasteiger partial charge is 0.326 e. The molecule has 0 saturated carbocycles. The summed E-state index contributed by atoms with van der Waals surface area (Å²) in [6, 6.07) is -1.94. The van der Waals surface area contributed by atoms with Crippen LogP contribution in [-0.4, -0.2) is 60.8 Å². The zero-order valence-corrected chi connectivity index (χ0v) is 11.1. The van der Waals surface area contributed by atoms with Crippen molar-refractivity contribution in [2.75, 3.05) is 18.9 Å². The summed E-state index contributed by atoms with van der Waals surface area (Å²) >= 11 is 0. The zero-order valence-electron chi connectivity index (χ0n) is 10.3. The third-order valence-corrected chi connectivity index (χ3v) is 5.25. The van der Waals surface area contributed by atoms with E-state index in [4.69, 9.17) is 10.2 Å². The number of carbonyl (C=O) groups is 2. The van der Waals surface area contributed by atoms with Gasteiger partial charge >= 0.3 is 12.0 Å². The van der Waals surface area contributed by atoms with Gasteiger partial charge in [-0.1, -0.05) is 0 Å². The molecule has 110 valence electrons. The van der Waals surface area contributed by atoms with Crippen LogP contribution in [0.25, 0.3) is 0 Å². The first-order valence-electron chi connectivity index (χ1n) is 5.96. The molecule has 0 aromatic rings. The van der Waals surface area contributed by atoms with E-state index in [0.717, 1.165) is 0 Å². The van der Waals surface area contributed by atoms with E-state index in [1.165, 1.54) is 0 Å². The molecule has 2 amide bonds. The first kappa shape index (κ1) is 15.7. The van der Waals surface area contributed by atoms with Gasteiger partial charge in [0.05, 0.1) is 11.0 Å².